The third-order valence-electron chi connectivity index (χ3n) is 5.96. The van der Waals surface area contributed by atoms with Crippen molar-refractivity contribution in [3.63, 3.8) is 0 Å². The molecular formula is C26H33ClN2O3S. The second-order valence-electron chi connectivity index (χ2n) is 8.41. The molecule has 178 valence electrons. The van der Waals surface area contributed by atoms with Gasteiger partial charge in [0.2, 0.25) is 11.8 Å². The van der Waals surface area contributed by atoms with Gasteiger partial charge in [0.05, 0.1) is 12.9 Å². The van der Waals surface area contributed by atoms with Crippen LogP contribution in [0.2, 0.25) is 5.02 Å². The molecule has 33 heavy (non-hydrogen) atoms. The fourth-order valence-corrected chi connectivity index (χ4v) is 5.29. The van der Waals surface area contributed by atoms with Gasteiger partial charge in [-0.15, -0.1) is 11.8 Å². The number of benzene rings is 2. The predicted octanol–water partition coefficient (Wildman–Crippen LogP) is 5.45. The van der Waals surface area contributed by atoms with Crippen LogP contribution in [-0.4, -0.2) is 41.7 Å². The summed E-state index contributed by atoms with van der Waals surface area (Å²) in [6, 6.07) is 15.0. The Balaban J connectivity index is 1.72. The minimum atomic E-state index is -0.504. The Morgan fingerprint density at radius 3 is 2.58 bits per heavy atom. The minimum Gasteiger partial charge on any atom is -0.497 e. The van der Waals surface area contributed by atoms with Crippen LogP contribution in [0.4, 0.5) is 0 Å². The van der Waals surface area contributed by atoms with Crippen molar-refractivity contribution in [2.75, 3.05) is 12.9 Å². The highest BCUT2D eigenvalue weighted by molar-refractivity contribution is 7.99. The van der Waals surface area contributed by atoms with E-state index in [1.165, 1.54) is 11.8 Å². The van der Waals surface area contributed by atoms with Crippen molar-refractivity contribution in [3.05, 3.63) is 64.7 Å². The van der Waals surface area contributed by atoms with Crippen molar-refractivity contribution >= 4 is 35.2 Å². The molecule has 3 rings (SSSR count). The Kier molecular flexibility index (Phi) is 9.95. The van der Waals surface area contributed by atoms with Crippen LogP contribution in [0.5, 0.6) is 5.75 Å². The number of methoxy groups -OCH3 is 1. The van der Waals surface area contributed by atoms with Gasteiger partial charge in [0.1, 0.15) is 11.8 Å². The summed E-state index contributed by atoms with van der Waals surface area (Å²) < 4.78 is 5.35. The number of hydrogen-bond donors (Lipinski definition) is 1. The van der Waals surface area contributed by atoms with Crippen molar-refractivity contribution in [3.8, 4) is 5.75 Å². The lowest BCUT2D eigenvalue weighted by molar-refractivity contribution is -0.139. The number of nitrogens with zero attached hydrogens (tertiary/aromatic N) is 1. The lowest BCUT2D eigenvalue weighted by Gasteiger charge is -2.31. The molecule has 0 unspecified atom stereocenters. The summed E-state index contributed by atoms with van der Waals surface area (Å²) in [4.78, 5) is 28.3. The normalized spacial score (nSPS) is 14.6. The molecule has 2 aromatic carbocycles. The minimum absolute atomic E-state index is 0.0433. The van der Waals surface area contributed by atoms with Gasteiger partial charge >= 0.3 is 0 Å². The van der Waals surface area contributed by atoms with Gasteiger partial charge in [-0.2, -0.15) is 0 Å². The van der Waals surface area contributed by atoms with Crippen LogP contribution >= 0.6 is 23.4 Å². The highest BCUT2D eigenvalue weighted by Gasteiger charge is 2.30. The molecule has 2 aromatic rings. The van der Waals surface area contributed by atoms with Crippen LogP contribution in [0.3, 0.4) is 0 Å². The standard InChI is InChI=1S/C26H33ClN2O3S/c1-3-24(26(31)28-22-11-4-5-12-22)29(16-19-8-7-13-23(15-19)32-2)25(30)18-33-17-20-9-6-10-21(27)14-20/h6-10,13-15,22,24H,3-5,11-12,16-18H2,1-2H3,(H,28,31)/t24-/m0/s1. The first-order valence-corrected chi connectivity index (χ1v) is 13.1. The summed E-state index contributed by atoms with van der Waals surface area (Å²) in [5, 5.41) is 3.87. The van der Waals surface area contributed by atoms with Crippen LogP contribution in [0.25, 0.3) is 0 Å². The number of nitrogens with one attached hydrogen (secondary N) is 1. The molecule has 5 nitrogen and oxygen atoms in total. The summed E-state index contributed by atoms with van der Waals surface area (Å²) in [6.07, 6.45) is 4.89. The molecule has 0 radical (unpaired) electrons. The Labute approximate surface area is 206 Å². The van der Waals surface area contributed by atoms with Crippen LogP contribution < -0.4 is 10.1 Å². The molecule has 1 aliphatic rings. The maximum absolute atomic E-state index is 13.4. The molecule has 1 saturated carbocycles. The zero-order chi connectivity index (χ0) is 23.6. The second-order valence-corrected chi connectivity index (χ2v) is 9.83. The van der Waals surface area contributed by atoms with Crippen molar-refractivity contribution in [1.29, 1.82) is 0 Å². The number of rotatable bonds is 11. The van der Waals surface area contributed by atoms with Crippen LogP contribution in [-0.2, 0) is 21.9 Å². The SMILES string of the molecule is CC[C@@H](C(=O)NC1CCCC1)N(Cc1cccc(OC)c1)C(=O)CSCc1cccc(Cl)c1. The van der Waals surface area contributed by atoms with Gasteiger partial charge in [0.15, 0.2) is 0 Å². The van der Waals surface area contributed by atoms with E-state index >= 15 is 0 Å². The Morgan fingerprint density at radius 1 is 1.15 bits per heavy atom. The summed E-state index contributed by atoms with van der Waals surface area (Å²) in [6.45, 7) is 2.33. The maximum atomic E-state index is 13.4. The maximum Gasteiger partial charge on any atom is 0.243 e. The van der Waals surface area contributed by atoms with E-state index in [9.17, 15) is 9.59 Å². The molecule has 1 fully saturated rings. The number of thioether (sulfide) groups is 1. The number of carbonyl (C=O) groups is 2. The van der Waals surface area contributed by atoms with E-state index < -0.39 is 6.04 Å². The fourth-order valence-electron chi connectivity index (χ4n) is 4.22. The number of amides is 2. The third-order valence-corrected chi connectivity index (χ3v) is 7.18. The van der Waals surface area contributed by atoms with Gasteiger partial charge < -0.3 is 15.0 Å². The van der Waals surface area contributed by atoms with Gasteiger partial charge in [-0.1, -0.05) is 55.6 Å². The average molecular weight is 489 g/mol. The molecule has 0 aromatic heterocycles. The molecule has 1 N–H and O–H groups in total. The van der Waals surface area contributed by atoms with E-state index in [0.29, 0.717) is 29.5 Å². The highest BCUT2D eigenvalue weighted by atomic mass is 35.5. The number of hydrogen-bond acceptors (Lipinski definition) is 4. The van der Waals surface area contributed by atoms with E-state index in [4.69, 9.17) is 16.3 Å². The summed E-state index contributed by atoms with van der Waals surface area (Å²) in [5.41, 5.74) is 2.01. The quantitative estimate of drug-likeness (QED) is 0.457. The van der Waals surface area contributed by atoms with Gasteiger partial charge in [0, 0.05) is 23.4 Å². The highest BCUT2D eigenvalue weighted by Crippen LogP contribution is 2.22. The van der Waals surface area contributed by atoms with Gasteiger partial charge in [-0.05, 0) is 54.7 Å². The topological polar surface area (TPSA) is 58.6 Å². The third kappa shape index (κ3) is 7.68. The number of halogens is 1. The smallest absolute Gasteiger partial charge is 0.243 e. The number of ether oxygens (including phenoxy) is 1. The second kappa shape index (κ2) is 12.9. The molecule has 2 amide bonds. The lowest BCUT2D eigenvalue weighted by atomic mass is 10.1. The Bertz CT molecular complexity index is 933. The van der Waals surface area contributed by atoms with Crippen LogP contribution in [0.1, 0.15) is 50.2 Å². The Hall–Kier alpha value is -2.18. The molecule has 1 aliphatic carbocycles. The fraction of sp³-hybridized carbons (Fsp3) is 0.462. The first-order valence-electron chi connectivity index (χ1n) is 11.5. The van der Waals surface area contributed by atoms with Crippen LogP contribution in [0, 0.1) is 0 Å². The molecule has 7 heteroatoms. The van der Waals surface area contributed by atoms with Crippen molar-refractivity contribution in [2.45, 2.75) is 63.4 Å². The van der Waals surface area contributed by atoms with E-state index in [0.717, 1.165) is 42.6 Å². The number of carbonyl (C=O) groups excluding carboxylic acids is 2. The zero-order valence-electron chi connectivity index (χ0n) is 19.4. The monoisotopic (exact) mass is 488 g/mol. The van der Waals surface area contributed by atoms with Gasteiger partial charge in [-0.25, -0.2) is 0 Å². The van der Waals surface area contributed by atoms with Gasteiger partial charge in [0.25, 0.3) is 0 Å². The van der Waals surface area contributed by atoms with Crippen molar-refractivity contribution in [2.24, 2.45) is 0 Å². The summed E-state index contributed by atoms with van der Waals surface area (Å²) in [5.74, 6) is 1.62. The van der Waals surface area contributed by atoms with Crippen LogP contribution in [0.15, 0.2) is 48.5 Å². The van der Waals surface area contributed by atoms with E-state index in [1.54, 1.807) is 12.0 Å². The molecular weight excluding hydrogens is 456 g/mol. The molecule has 0 aliphatic heterocycles. The summed E-state index contributed by atoms with van der Waals surface area (Å²) in [7, 11) is 1.62. The first-order chi connectivity index (χ1) is 16.0. The molecule has 1 atom stereocenters. The van der Waals surface area contributed by atoms with E-state index in [-0.39, 0.29) is 17.9 Å². The Morgan fingerprint density at radius 2 is 1.88 bits per heavy atom. The predicted molar refractivity (Wildman–Crippen MR) is 136 cm³/mol. The van der Waals surface area contributed by atoms with E-state index in [1.807, 2.05) is 55.5 Å². The van der Waals surface area contributed by atoms with Crippen molar-refractivity contribution < 1.29 is 14.3 Å². The zero-order valence-corrected chi connectivity index (χ0v) is 21.0. The summed E-state index contributed by atoms with van der Waals surface area (Å²) >= 11 is 7.61. The molecule has 0 bridgehead atoms. The molecule has 0 heterocycles. The molecule has 0 saturated heterocycles. The molecule has 0 spiro atoms. The largest absolute Gasteiger partial charge is 0.497 e. The average Bonchev–Trinajstić information content (AvgIpc) is 3.32. The first kappa shape index (κ1) is 25.4. The van der Waals surface area contributed by atoms with E-state index in [2.05, 4.69) is 5.32 Å². The van der Waals surface area contributed by atoms with Crippen molar-refractivity contribution in [1.82, 2.24) is 10.2 Å². The lowest BCUT2D eigenvalue weighted by Crippen LogP contribution is -2.51. The van der Waals surface area contributed by atoms with Gasteiger partial charge in [-0.3, -0.25) is 9.59 Å².